The average molecular weight is 531 g/mol. The van der Waals surface area contributed by atoms with Gasteiger partial charge in [0.05, 0.1) is 29.6 Å². The van der Waals surface area contributed by atoms with Gasteiger partial charge in [0.15, 0.2) is 0 Å². The number of rotatable bonds is 10. The minimum atomic E-state index is -4.33. The molecular formula is C29H30F4N2O3. The second kappa shape index (κ2) is 12.5. The number of ether oxygens (including phenoxy) is 1. The third-order valence-electron chi connectivity index (χ3n) is 5.75. The first-order valence-electron chi connectivity index (χ1n) is 12.2. The van der Waals surface area contributed by atoms with Gasteiger partial charge in [0, 0.05) is 24.4 Å². The number of carbonyl (C=O) groups is 1. The zero-order valence-electron chi connectivity index (χ0n) is 21.4. The van der Waals surface area contributed by atoms with Crippen molar-refractivity contribution in [2.24, 2.45) is 0 Å². The van der Waals surface area contributed by atoms with Gasteiger partial charge in [-0.3, -0.25) is 0 Å². The van der Waals surface area contributed by atoms with Crippen LogP contribution in [0.25, 0.3) is 5.70 Å². The highest BCUT2D eigenvalue weighted by molar-refractivity contribution is 5.90. The summed E-state index contributed by atoms with van der Waals surface area (Å²) in [7, 11) is 0. The van der Waals surface area contributed by atoms with Crippen LogP contribution in [0.2, 0.25) is 0 Å². The number of carboxylic acid groups (broad SMARTS) is 1. The second-order valence-electron chi connectivity index (χ2n) is 8.70. The predicted octanol–water partition coefficient (Wildman–Crippen LogP) is 7.54. The molecule has 0 unspecified atom stereocenters. The van der Waals surface area contributed by atoms with Crippen molar-refractivity contribution in [1.29, 1.82) is 0 Å². The first kappa shape index (κ1) is 28.6. The molecule has 2 aromatic rings. The van der Waals surface area contributed by atoms with Gasteiger partial charge in [0.2, 0.25) is 0 Å². The molecule has 1 aliphatic rings. The van der Waals surface area contributed by atoms with E-state index < -0.39 is 24.4 Å². The minimum absolute atomic E-state index is 0.171. The van der Waals surface area contributed by atoms with E-state index in [-0.39, 0.29) is 23.6 Å². The Hall–Kier alpha value is -4.01. The molecule has 0 radical (unpaired) electrons. The fraction of sp³-hybridized carbons (Fsp3) is 0.276. The number of nitrogens with one attached hydrogen (secondary N) is 1. The Bertz CT molecular complexity index is 1290. The molecule has 0 bridgehead atoms. The normalized spacial score (nSPS) is 15.3. The summed E-state index contributed by atoms with van der Waals surface area (Å²) in [5.41, 5.74) is 3.13. The van der Waals surface area contributed by atoms with Crippen molar-refractivity contribution in [3.05, 3.63) is 107 Å². The van der Waals surface area contributed by atoms with Crippen LogP contribution in [-0.4, -0.2) is 28.7 Å². The maximum atomic E-state index is 13.8. The number of hydrogen-bond acceptors (Lipinski definition) is 4. The summed E-state index contributed by atoms with van der Waals surface area (Å²) in [6, 6.07) is 10.5. The maximum Gasteiger partial charge on any atom is 0.390 e. The highest BCUT2D eigenvalue weighted by Crippen LogP contribution is 2.34. The monoisotopic (exact) mass is 530 g/mol. The van der Waals surface area contributed by atoms with Gasteiger partial charge in [-0.1, -0.05) is 37.6 Å². The number of nitrogens with zero attached hydrogens (tertiary/aromatic N) is 1. The van der Waals surface area contributed by atoms with Gasteiger partial charge in [-0.15, -0.1) is 0 Å². The van der Waals surface area contributed by atoms with Gasteiger partial charge < -0.3 is 20.1 Å². The predicted molar refractivity (Wildman–Crippen MR) is 138 cm³/mol. The SMILES string of the molecule is C/C=C(/c1ccc(C(=O)O)c(C)c1)N1C=C(Oc2cccc(F)c2)C=C(NCCC(F)(F)F)/C1=C\CCC. The number of benzene rings is 2. The molecule has 0 spiro atoms. The van der Waals surface area contributed by atoms with Crippen molar-refractivity contribution in [1.82, 2.24) is 10.2 Å². The standard InChI is InChI=1S/C29H30F4N2O3/c1-4-6-10-27-25(34-14-13-29(31,32)33)17-23(38-22-9-7-8-21(30)16-22)18-35(27)26(5-2)20-11-12-24(28(36)37)19(3)15-20/h5,7-12,15-18,34H,4,6,13-14H2,1-3H3,(H,36,37)/b26-5-,27-10+. The fourth-order valence-corrected chi connectivity index (χ4v) is 3.98. The summed E-state index contributed by atoms with van der Waals surface area (Å²) < 4.78 is 58.4. The smallest absolute Gasteiger partial charge is 0.390 e. The molecule has 0 amide bonds. The van der Waals surface area contributed by atoms with Crippen molar-refractivity contribution in [2.45, 2.75) is 46.2 Å². The number of carboxylic acids is 1. The van der Waals surface area contributed by atoms with Crippen LogP contribution in [0.5, 0.6) is 5.75 Å². The zero-order valence-corrected chi connectivity index (χ0v) is 21.4. The summed E-state index contributed by atoms with van der Waals surface area (Å²) in [5, 5.41) is 12.3. The Morgan fingerprint density at radius 1 is 1.18 bits per heavy atom. The van der Waals surface area contributed by atoms with Gasteiger partial charge in [0.1, 0.15) is 17.3 Å². The Balaban J connectivity index is 2.08. The molecular weight excluding hydrogens is 500 g/mol. The zero-order chi connectivity index (χ0) is 27.9. The van der Waals surface area contributed by atoms with E-state index in [4.69, 9.17) is 4.74 Å². The molecule has 1 heterocycles. The van der Waals surface area contributed by atoms with E-state index in [0.717, 1.165) is 6.42 Å². The van der Waals surface area contributed by atoms with Crippen LogP contribution >= 0.6 is 0 Å². The lowest BCUT2D eigenvalue weighted by Gasteiger charge is -2.33. The quantitative estimate of drug-likeness (QED) is 0.311. The van der Waals surface area contributed by atoms with Crippen molar-refractivity contribution >= 4 is 11.7 Å². The van der Waals surface area contributed by atoms with Crippen LogP contribution in [0.4, 0.5) is 17.6 Å². The molecule has 0 aromatic heterocycles. The van der Waals surface area contributed by atoms with Gasteiger partial charge >= 0.3 is 12.1 Å². The van der Waals surface area contributed by atoms with E-state index in [1.807, 2.05) is 26.0 Å². The Morgan fingerprint density at radius 2 is 1.95 bits per heavy atom. The third kappa shape index (κ3) is 7.50. The van der Waals surface area contributed by atoms with Gasteiger partial charge in [-0.25, -0.2) is 9.18 Å². The van der Waals surface area contributed by atoms with Gasteiger partial charge in [0.25, 0.3) is 0 Å². The number of halogens is 4. The molecule has 202 valence electrons. The molecule has 5 nitrogen and oxygen atoms in total. The first-order valence-corrected chi connectivity index (χ1v) is 12.2. The largest absolute Gasteiger partial charge is 0.478 e. The summed E-state index contributed by atoms with van der Waals surface area (Å²) in [6.45, 7) is 5.15. The highest BCUT2D eigenvalue weighted by Gasteiger charge is 2.28. The molecule has 0 saturated heterocycles. The van der Waals surface area contributed by atoms with Crippen molar-refractivity contribution in [3.63, 3.8) is 0 Å². The minimum Gasteiger partial charge on any atom is -0.478 e. The highest BCUT2D eigenvalue weighted by atomic mass is 19.4. The van der Waals surface area contributed by atoms with E-state index >= 15 is 0 Å². The van der Waals surface area contributed by atoms with Crippen LogP contribution in [0.3, 0.4) is 0 Å². The van der Waals surface area contributed by atoms with Crippen LogP contribution in [-0.2, 0) is 0 Å². The molecule has 1 aliphatic heterocycles. The van der Waals surface area contributed by atoms with E-state index in [0.29, 0.717) is 34.6 Å². The maximum absolute atomic E-state index is 13.8. The number of aromatic carboxylic acids is 1. The third-order valence-corrected chi connectivity index (χ3v) is 5.75. The fourth-order valence-electron chi connectivity index (χ4n) is 3.98. The molecule has 0 saturated carbocycles. The van der Waals surface area contributed by atoms with Crippen LogP contribution < -0.4 is 10.1 Å². The first-order chi connectivity index (χ1) is 18.0. The summed E-state index contributed by atoms with van der Waals surface area (Å²) in [6.07, 6.45) is 3.12. The lowest BCUT2D eigenvalue weighted by Crippen LogP contribution is -2.30. The van der Waals surface area contributed by atoms with Crippen LogP contribution in [0.15, 0.2) is 84.0 Å². The molecule has 2 N–H and O–H groups in total. The number of unbranched alkanes of at least 4 members (excludes halogenated alkanes) is 1. The summed E-state index contributed by atoms with van der Waals surface area (Å²) in [5.74, 6) is -1.03. The van der Waals surface area contributed by atoms with Crippen molar-refractivity contribution < 1.29 is 32.2 Å². The topological polar surface area (TPSA) is 61.8 Å². The number of allylic oxidation sites excluding steroid dienone is 3. The van der Waals surface area contributed by atoms with Crippen LogP contribution in [0.1, 0.15) is 54.6 Å². The second-order valence-corrected chi connectivity index (χ2v) is 8.70. The molecule has 0 aliphatic carbocycles. The van der Waals surface area contributed by atoms with E-state index in [2.05, 4.69) is 5.32 Å². The summed E-state index contributed by atoms with van der Waals surface area (Å²) in [4.78, 5) is 13.3. The molecule has 0 fully saturated rings. The van der Waals surface area contributed by atoms with Gasteiger partial charge in [-0.05, 0) is 55.7 Å². The van der Waals surface area contributed by atoms with Crippen LogP contribution in [0, 0.1) is 12.7 Å². The van der Waals surface area contributed by atoms with E-state index in [1.54, 1.807) is 42.3 Å². The Labute approximate surface area is 219 Å². The summed E-state index contributed by atoms with van der Waals surface area (Å²) >= 11 is 0. The van der Waals surface area contributed by atoms with Crippen molar-refractivity contribution in [3.8, 4) is 5.75 Å². The molecule has 2 aromatic carbocycles. The number of aryl methyl sites for hydroxylation is 1. The molecule has 3 rings (SSSR count). The number of hydrogen-bond donors (Lipinski definition) is 2. The molecule has 9 heteroatoms. The van der Waals surface area contributed by atoms with Crippen molar-refractivity contribution in [2.75, 3.05) is 6.54 Å². The Kier molecular flexibility index (Phi) is 9.39. The molecule has 38 heavy (non-hydrogen) atoms. The lowest BCUT2D eigenvalue weighted by atomic mass is 10.0. The molecule has 0 atom stereocenters. The number of alkyl halides is 3. The Morgan fingerprint density at radius 3 is 2.55 bits per heavy atom. The van der Waals surface area contributed by atoms with E-state index in [1.165, 1.54) is 24.3 Å². The van der Waals surface area contributed by atoms with E-state index in [9.17, 15) is 27.5 Å². The lowest BCUT2D eigenvalue weighted by molar-refractivity contribution is -0.133. The van der Waals surface area contributed by atoms with Gasteiger partial charge in [-0.2, -0.15) is 13.2 Å². The average Bonchev–Trinajstić information content (AvgIpc) is 2.83.